The molecule has 0 bridgehead atoms. The lowest BCUT2D eigenvalue weighted by molar-refractivity contribution is 0.120. The molecule has 0 N–H and O–H groups in total. The average Bonchev–Trinajstić information content (AvgIpc) is 3.07. The number of carbonyl (C=O) groups excluding carboxylic acids is 1. The highest BCUT2D eigenvalue weighted by molar-refractivity contribution is 5.76. The first-order chi connectivity index (χ1) is 13.2. The molecule has 1 atom stereocenters. The van der Waals surface area contributed by atoms with Crippen molar-refractivity contribution in [2.24, 2.45) is 0 Å². The summed E-state index contributed by atoms with van der Waals surface area (Å²) < 4.78 is 1.74. The van der Waals surface area contributed by atoms with E-state index in [9.17, 15) is 10.1 Å². The molecule has 0 unspecified atom stereocenters. The number of hydrogen-bond acceptors (Lipinski definition) is 5. The van der Waals surface area contributed by atoms with Crippen molar-refractivity contribution in [1.82, 2.24) is 30.0 Å². The van der Waals surface area contributed by atoms with Crippen molar-refractivity contribution < 1.29 is 4.79 Å². The first-order valence-electron chi connectivity index (χ1n) is 9.46. The van der Waals surface area contributed by atoms with Crippen LogP contribution in [0.4, 0.5) is 4.79 Å². The van der Waals surface area contributed by atoms with Gasteiger partial charge in [-0.25, -0.2) is 9.48 Å². The Hall–Kier alpha value is -2.95. The number of rotatable bonds is 3. The van der Waals surface area contributed by atoms with Gasteiger partial charge >= 0.3 is 6.03 Å². The van der Waals surface area contributed by atoms with Gasteiger partial charge in [-0.1, -0.05) is 24.3 Å². The third-order valence-electron chi connectivity index (χ3n) is 6.22. The number of tetrazole rings is 1. The lowest BCUT2D eigenvalue weighted by Gasteiger charge is -2.41. The Morgan fingerprint density at radius 2 is 1.93 bits per heavy atom. The summed E-state index contributed by atoms with van der Waals surface area (Å²) in [4.78, 5) is 16.5. The fourth-order valence-electron chi connectivity index (χ4n) is 4.18. The van der Waals surface area contributed by atoms with Crippen LogP contribution in [0.3, 0.4) is 0 Å². The monoisotopic (exact) mass is 363 g/mol. The Balaban J connectivity index is 1.16. The van der Waals surface area contributed by atoms with Crippen LogP contribution in [-0.2, 0) is 5.41 Å². The third kappa shape index (κ3) is 2.74. The smallest absolute Gasteiger partial charge is 0.320 e. The van der Waals surface area contributed by atoms with Crippen LogP contribution in [-0.4, -0.2) is 62.2 Å². The molecule has 1 aromatic heterocycles. The van der Waals surface area contributed by atoms with Crippen LogP contribution in [0.1, 0.15) is 42.3 Å². The van der Waals surface area contributed by atoms with E-state index >= 15 is 0 Å². The first-order valence-corrected chi connectivity index (χ1v) is 9.46. The molecule has 5 rings (SSSR count). The minimum atomic E-state index is -0.230. The maximum Gasteiger partial charge on any atom is 0.320 e. The van der Waals surface area contributed by atoms with Crippen LogP contribution in [0, 0.1) is 11.3 Å². The molecule has 1 aliphatic carbocycles. The highest BCUT2D eigenvalue weighted by Crippen LogP contribution is 2.47. The SMILES string of the molecule is N#CC1(c2ccc(C3CN(C(=O)N4CC[C@H](n5cnnn5)C4)C3)cc2)CC1. The van der Waals surface area contributed by atoms with Crippen LogP contribution in [0.5, 0.6) is 0 Å². The number of amides is 2. The zero-order valence-corrected chi connectivity index (χ0v) is 15.0. The molecular weight excluding hydrogens is 342 g/mol. The van der Waals surface area contributed by atoms with E-state index in [1.54, 1.807) is 11.0 Å². The molecule has 1 saturated carbocycles. The molecule has 3 heterocycles. The molecule has 0 spiro atoms. The molecule has 3 aliphatic rings. The van der Waals surface area contributed by atoms with Crippen molar-refractivity contribution in [2.45, 2.75) is 36.6 Å². The number of nitrogens with zero attached hydrogens (tertiary/aromatic N) is 7. The zero-order chi connectivity index (χ0) is 18.4. The van der Waals surface area contributed by atoms with Crippen molar-refractivity contribution in [3.05, 3.63) is 41.7 Å². The maximum absolute atomic E-state index is 12.7. The molecule has 2 aliphatic heterocycles. The quantitative estimate of drug-likeness (QED) is 0.828. The number of carbonyl (C=O) groups is 1. The van der Waals surface area contributed by atoms with Crippen LogP contribution < -0.4 is 0 Å². The Morgan fingerprint density at radius 1 is 1.15 bits per heavy atom. The van der Waals surface area contributed by atoms with Gasteiger partial charge in [-0.3, -0.25) is 0 Å². The zero-order valence-electron chi connectivity index (χ0n) is 15.0. The van der Waals surface area contributed by atoms with Crippen molar-refractivity contribution in [3.63, 3.8) is 0 Å². The molecule has 0 radical (unpaired) electrons. The summed E-state index contributed by atoms with van der Waals surface area (Å²) in [6, 6.07) is 11.2. The highest BCUT2D eigenvalue weighted by atomic mass is 16.2. The Morgan fingerprint density at radius 3 is 2.56 bits per heavy atom. The normalized spacial score (nSPS) is 23.7. The minimum absolute atomic E-state index is 0.111. The number of aromatic nitrogens is 4. The van der Waals surface area contributed by atoms with E-state index in [1.165, 1.54) is 5.56 Å². The Bertz CT molecular complexity index is 876. The summed E-state index contributed by atoms with van der Waals surface area (Å²) in [5, 5.41) is 20.6. The summed E-state index contributed by atoms with van der Waals surface area (Å²) in [6.07, 6.45) is 4.43. The van der Waals surface area contributed by atoms with Gasteiger partial charge in [0.15, 0.2) is 0 Å². The molecule has 2 aromatic rings. The van der Waals surface area contributed by atoms with E-state index in [0.717, 1.165) is 44.5 Å². The number of likely N-dealkylation sites (tertiary alicyclic amines) is 2. The molecule has 1 aromatic carbocycles. The van der Waals surface area contributed by atoms with Gasteiger partial charge in [-0.15, -0.1) is 5.10 Å². The minimum Gasteiger partial charge on any atom is -0.323 e. The molecule has 138 valence electrons. The van der Waals surface area contributed by atoms with Gasteiger partial charge in [-0.05, 0) is 40.8 Å². The van der Waals surface area contributed by atoms with E-state index in [2.05, 4.69) is 45.9 Å². The number of benzene rings is 1. The standard InChI is InChI=1S/C19H21N7O/c20-12-19(6-7-19)16-3-1-14(2-4-16)15-9-25(10-15)18(27)24-8-5-17(11-24)26-13-21-22-23-26/h1-4,13,15,17H,5-11H2/t17-/m0/s1. The van der Waals surface area contributed by atoms with E-state index in [0.29, 0.717) is 12.5 Å². The molecule has 3 fully saturated rings. The molecular formula is C19H21N7O. The molecule has 8 nitrogen and oxygen atoms in total. The van der Waals surface area contributed by atoms with Gasteiger partial charge in [0.05, 0.1) is 17.5 Å². The van der Waals surface area contributed by atoms with Crippen molar-refractivity contribution in [2.75, 3.05) is 26.2 Å². The Kier molecular flexibility index (Phi) is 3.64. The second kappa shape index (κ2) is 6.05. The second-order valence-corrected chi connectivity index (χ2v) is 7.88. The van der Waals surface area contributed by atoms with E-state index < -0.39 is 0 Å². The van der Waals surface area contributed by atoms with Gasteiger partial charge in [0, 0.05) is 32.1 Å². The van der Waals surface area contributed by atoms with Gasteiger partial charge in [0.25, 0.3) is 0 Å². The summed E-state index contributed by atoms with van der Waals surface area (Å²) in [5.41, 5.74) is 2.16. The molecule has 2 saturated heterocycles. The van der Waals surface area contributed by atoms with Gasteiger partial charge < -0.3 is 9.80 Å². The molecule has 8 heteroatoms. The lowest BCUT2D eigenvalue weighted by atomic mass is 9.89. The fourth-order valence-corrected chi connectivity index (χ4v) is 4.18. The summed E-state index contributed by atoms with van der Waals surface area (Å²) >= 11 is 0. The largest absolute Gasteiger partial charge is 0.323 e. The van der Waals surface area contributed by atoms with Gasteiger partial charge in [0.2, 0.25) is 0 Å². The van der Waals surface area contributed by atoms with Crippen molar-refractivity contribution in [1.29, 1.82) is 5.26 Å². The van der Waals surface area contributed by atoms with Crippen LogP contribution in [0.15, 0.2) is 30.6 Å². The predicted molar refractivity (Wildman–Crippen MR) is 95.7 cm³/mol. The first kappa shape index (κ1) is 16.2. The van der Waals surface area contributed by atoms with Crippen LogP contribution >= 0.6 is 0 Å². The van der Waals surface area contributed by atoms with Crippen LogP contribution in [0.2, 0.25) is 0 Å². The molecule has 27 heavy (non-hydrogen) atoms. The number of nitriles is 1. The van der Waals surface area contributed by atoms with E-state index in [4.69, 9.17) is 0 Å². The predicted octanol–water partition coefficient (Wildman–Crippen LogP) is 1.69. The van der Waals surface area contributed by atoms with Crippen molar-refractivity contribution >= 4 is 6.03 Å². The molecule has 2 amide bonds. The van der Waals surface area contributed by atoms with Gasteiger partial charge in [-0.2, -0.15) is 5.26 Å². The van der Waals surface area contributed by atoms with E-state index in [1.807, 2.05) is 9.80 Å². The van der Waals surface area contributed by atoms with E-state index in [-0.39, 0.29) is 17.5 Å². The lowest BCUT2D eigenvalue weighted by Crippen LogP contribution is -2.53. The maximum atomic E-state index is 12.7. The summed E-state index contributed by atoms with van der Waals surface area (Å²) in [6.45, 7) is 2.92. The summed E-state index contributed by atoms with van der Waals surface area (Å²) in [7, 11) is 0. The third-order valence-corrected chi connectivity index (χ3v) is 6.22. The summed E-state index contributed by atoms with van der Waals surface area (Å²) in [5.74, 6) is 0.387. The van der Waals surface area contributed by atoms with Gasteiger partial charge in [0.1, 0.15) is 6.33 Å². The van der Waals surface area contributed by atoms with Crippen LogP contribution in [0.25, 0.3) is 0 Å². The highest BCUT2D eigenvalue weighted by Gasteiger charge is 2.45. The second-order valence-electron chi connectivity index (χ2n) is 7.88. The average molecular weight is 363 g/mol. The number of hydrogen-bond donors (Lipinski definition) is 0. The fraction of sp³-hybridized carbons (Fsp3) is 0.526. The number of urea groups is 1. The topological polar surface area (TPSA) is 90.9 Å². The van der Waals surface area contributed by atoms with Crippen molar-refractivity contribution in [3.8, 4) is 6.07 Å². The Labute approximate surface area is 157 Å².